The number of aryl methyl sites for hydroxylation is 2. The number of nitrogens with zero attached hydrogens (tertiary/aromatic N) is 4. The Hall–Kier alpha value is -3.94. The summed E-state index contributed by atoms with van der Waals surface area (Å²) in [6.07, 6.45) is 1.39. The molecule has 0 saturated carbocycles. The van der Waals surface area contributed by atoms with E-state index in [1.165, 1.54) is 10.9 Å². The van der Waals surface area contributed by atoms with Crippen LogP contribution in [0, 0.1) is 20.8 Å². The quantitative estimate of drug-likeness (QED) is 0.425. The molecule has 0 unspecified atom stereocenters. The zero-order valence-corrected chi connectivity index (χ0v) is 16.7. The minimum atomic E-state index is -0.384. The molecule has 0 atom stereocenters. The van der Waals surface area contributed by atoms with Gasteiger partial charge in [-0.15, -0.1) is 0 Å². The van der Waals surface area contributed by atoms with Gasteiger partial charge >= 0.3 is 0 Å². The van der Waals surface area contributed by atoms with Crippen LogP contribution < -0.4 is 5.56 Å². The summed E-state index contributed by atoms with van der Waals surface area (Å²) in [6.45, 7) is 5.40. The van der Waals surface area contributed by atoms with Gasteiger partial charge in [-0.1, -0.05) is 17.3 Å². The van der Waals surface area contributed by atoms with Crippen molar-refractivity contribution in [3.63, 3.8) is 0 Å². The SMILES string of the molecule is Cc1cc(-n2c(C)cc(C(=O)Cn3cnc4c(oc5ccccc54)c3=O)c2C)no1. The number of benzene rings is 1. The monoisotopic (exact) mass is 402 g/mol. The molecule has 5 aromatic rings. The van der Waals surface area contributed by atoms with E-state index in [0.29, 0.717) is 28.2 Å². The summed E-state index contributed by atoms with van der Waals surface area (Å²) in [7, 11) is 0. The van der Waals surface area contributed by atoms with Crippen LogP contribution in [-0.2, 0) is 6.54 Å². The van der Waals surface area contributed by atoms with Crippen LogP contribution in [0.15, 0.2) is 56.5 Å². The molecule has 4 aromatic heterocycles. The predicted molar refractivity (Wildman–Crippen MR) is 110 cm³/mol. The third-order valence-corrected chi connectivity index (χ3v) is 5.24. The van der Waals surface area contributed by atoms with Gasteiger partial charge in [0.1, 0.15) is 16.9 Å². The number of hydrogen-bond acceptors (Lipinski definition) is 6. The smallest absolute Gasteiger partial charge is 0.297 e. The van der Waals surface area contributed by atoms with Crippen molar-refractivity contribution < 1.29 is 13.7 Å². The van der Waals surface area contributed by atoms with E-state index in [1.807, 2.05) is 43.5 Å². The summed E-state index contributed by atoms with van der Waals surface area (Å²) in [5, 5.41) is 4.81. The van der Waals surface area contributed by atoms with Gasteiger partial charge in [-0.25, -0.2) is 4.98 Å². The standard InChI is InChI=1S/C22H18N4O4/c1-12-8-16(14(3)26(12)19-9-13(2)30-24-19)17(27)10-25-11-23-20-15-6-4-5-7-18(15)29-21(20)22(25)28/h4-9,11H,10H2,1-3H3. The van der Waals surface area contributed by atoms with E-state index in [9.17, 15) is 9.59 Å². The molecule has 0 bridgehead atoms. The van der Waals surface area contributed by atoms with Crippen LogP contribution in [0.2, 0.25) is 0 Å². The molecule has 0 saturated heterocycles. The Morgan fingerprint density at radius 3 is 2.70 bits per heavy atom. The Morgan fingerprint density at radius 1 is 1.13 bits per heavy atom. The third kappa shape index (κ3) is 2.68. The van der Waals surface area contributed by atoms with E-state index in [0.717, 1.165) is 16.8 Å². The van der Waals surface area contributed by atoms with Crippen LogP contribution in [0.3, 0.4) is 0 Å². The first-order valence-corrected chi connectivity index (χ1v) is 9.46. The number of furan rings is 1. The van der Waals surface area contributed by atoms with Gasteiger partial charge in [0.15, 0.2) is 11.6 Å². The number of carbonyl (C=O) groups excluding carboxylic acids is 1. The van der Waals surface area contributed by atoms with Gasteiger partial charge in [0.25, 0.3) is 5.56 Å². The first kappa shape index (κ1) is 18.1. The molecule has 0 fully saturated rings. The van der Waals surface area contributed by atoms with Gasteiger partial charge in [-0.3, -0.25) is 18.7 Å². The first-order valence-electron chi connectivity index (χ1n) is 9.46. The Bertz CT molecular complexity index is 1500. The lowest BCUT2D eigenvalue weighted by Crippen LogP contribution is -2.24. The molecule has 0 amide bonds. The van der Waals surface area contributed by atoms with Crippen molar-refractivity contribution in [2.45, 2.75) is 27.3 Å². The van der Waals surface area contributed by atoms with Crippen molar-refractivity contribution in [1.82, 2.24) is 19.3 Å². The molecule has 1 aromatic carbocycles. The molecule has 0 aliphatic heterocycles. The summed E-state index contributed by atoms with van der Waals surface area (Å²) in [5.74, 6) is 1.10. The molecule has 0 radical (unpaired) electrons. The van der Waals surface area contributed by atoms with E-state index >= 15 is 0 Å². The molecule has 30 heavy (non-hydrogen) atoms. The van der Waals surface area contributed by atoms with Gasteiger partial charge in [-0.05, 0) is 39.0 Å². The lowest BCUT2D eigenvalue weighted by molar-refractivity contribution is 0.0970. The minimum Gasteiger partial charge on any atom is -0.448 e. The second-order valence-electron chi connectivity index (χ2n) is 7.29. The summed E-state index contributed by atoms with van der Waals surface area (Å²) in [6, 6.07) is 10.9. The number of rotatable bonds is 4. The highest BCUT2D eigenvalue weighted by molar-refractivity contribution is 6.02. The molecule has 0 spiro atoms. The highest BCUT2D eigenvalue weighted by Crippen LogP contribution is 2.25. The normalized spacial score (nSPS) is 11.6. The van der Waals surface area contributed by atoms with Crippen molar-refractivity contribution in [1.29, 1.82) is 0 Å². The van der Waals surface area contributed by atoms with Crippen LogP contribution in [0.25, 0.3) is 27.9 Å². The molecule has 0 aliphatic rings. The number of Topliss-reactive ketones (excluding diaryl/α,β-unsaturated/α-hetero) is 1. The maximum absolute atomic E-state index is 13.0. The second kappa shape index (κ2) is 6.55. The van der Waals surface area contributed by atoms with Crippen LogP contribution in [0.4, 0.5) is 0 Å². The van der Waals surface area contributed by atoms with Crippen molar-refractivity contribution in [2.75, 3.05) is 0 Å². The Kier molecular flexibility index (Phi) is 3.95. The van der Waals surface area contributed by atoms with Gasteiger partial charge in [0.2, 0.25) is 5.58 Å². The number of para-hydroxylation sites is 1. The molecule has 150 valence electrons. The van der Waals surface area contributed by atoms with Crippen molar-refractivity contribution in [3.05, 3.63) is 75.8 Å². The fourth-order valence-corrected chi connectivity index (χ4v) is 3.82. The number of fused-ring (bicyclic) bond motifs is 3. The average Bonchev–Trinajstić information content (AvgIpc) is 3.39. The number of carbonyl (C=O) groups is 1. The van der Waals surface area contributed by atoms with Crippen LogP contribution in [-0.4, -0.2) is 25.1 Å². The largest absolute Gasteiger partial charge is 0.448 e. The van der Waals surface area contributed by atoms with Crippen molar-refractivity contribution >= 4 is 27.9 Å². The molecule has 8 heteroatoms. The fourth-order valence-electron chi connectivity index (χ4n) is 3.82. The topological polar surface area (TPSA) is 96.1 Å². The molecular weight excluding hydrogens is 384 g/mol. The number of hydrogen-bond donors (Lipinski definition) is 0. The Morgan fingerprint density at radius 2 is 1.93 bits per heavy atom. The first-order chi connectivity index (χ1) is 14.4. The molecule has 8 nitrogen and oxygen atoms in total. The maximum Gasteiger partial charge on any atom is 0.297 e. The fraction of sp³-hybridized carbons (Fsp3) is 0.182. The van der Waals surface area contributed by atoms with E-state index in [4.69, 9.17) is 8.94 Å². The highest BCUT2D eigenvalue weighted by Gasteiger charge is 2.20. The van der Waals surface area contributed by atoms with E-state index in [1.54, 1.807) is 18.2 Å². The van der Waals surface area contributed by atoms with E-state index in [-0.39, 0.29) is 23.5 Å². The van der Waals surface area contributed by atoms with Gasteiger partial charge in [0, 0.05) is 28.4 Å². The highest BCUT2D eigenvalue weighted by atomic mass is 16.5. The van der Waals surface area contributed by atoms with Gasteiger partial charge in [-0.2, -0.15) is 0 Å². The number of ketones is 1. The Labute approximate surface area is 170 Å². The van der Waals surface area contributed by atoms with E-state index in [2.05, 4.69) is 10.1 Å². The van der Waals surface area contributed by atoms with Gasteiger partial charge < -0.3 is 8.94 Å². The minimum absolute atomic E-state index is 0.138. The predicted octanol–water partition coefficient (Wildman–Crippen LogP) is 3.73. The third-order valence-electron chi connectivity index (χ3n) is 5.24. The molecule has 0 aliphatic carbocycles. The number of aromatic nitrogens is 4. The Balaban J connectivity index is 1.53. The summed E-state index contributed by atoms with van der Waals surface area (Å²) in [5.41, 5.74) is 2.95. The lowest BCUT2D eigenvalue weighted by atomic mass is 10.1. The van der Waals surface area contributed by atoms with Crippen LogP contribution in [0.5, 0.6) is 0 Å². The summed E-state index contributed by atoms with van der Waals surface area (Å²) in [4.78, 5) is 30.3. The summed E-state index contributed by atoms with van der Waals surface area (Å²) >= 11 is 0. The molecule has 5 rings (SSSR count). The molecular formula is C22H18N4O4. The van der Waals surface area contributed by atoms with Crippen LogP contribution in [0.1, 0.15) is 27.5 Å². The zero-order valence-electron chi connectivity index (χ0n) is 16.7. The van der Waals surface area contributed by atoms with Crippen molar-refractivity contribution in [3.8, 4) is 5.82 Å². The van der Waals surface area contributed by atoms with Crippen molar-refractivity contribution in [2.24, 2.45) is 0 Å². The van der Waals surface area contributed by atoms with Gasteiger partial charge in [0.05, 0.1) is 12.9 Å². The molecule has 0 N–H and O–H groups in total. The summed E-state index contributed by atoms with van der Waals surface area (Å²) < 4.78 is 14.0. The maximum atomic E-state index is 13.0. The van der Waals surface area contributed by atoms with Crippen LogP contribution >= 0.6 is 0 Å². The average molecular weight is 402 g/mol. The van der Waals surface area contributed by atoms with E-state index < -0.39 is 0 Å². The molecule has 4 heterocycles. The zero-order chi connectivity index (χ0) is 21.0. The second-order valence-corrected chi connectivity index (χ2v) is 7.29. The lowest BCUT2D eigenvalue weighted by Gasteiger charge is -2.06.